The van der Waals surface area contributed by atoms with Gasteiger partial charge in [0.1, 0.15) is 0 Å². The minimum Gasteiger partial charge on any atom is -0.481 e. The Kier molecular flexibility index (Phi) is 7.10. The molecule has 2 nitrogen and oxygen atoms in total. The second-order valence-corrected chi connectivity index (χ2v) is 9.18. The first-order valence-corrected chi connectivity index (χ1v) is 10.1. The molecule has 0 amide bonds. The van der Waals surface area contributed by atoms with Gasteiger partial charge in [-0.05, 0) is 67.9 Å². The van der Waals surface area contributed by atoms with Gasteiger partial charge in [0, 0.05) is 0 Å². The van der Waals surface area contributed by atoms with Crippen molar-refractivity contribution in [3.05, 3.63) is 35.4 Å². The van der Waals surface area contributed by atoms with E-state index in [2.05, 4.69) is 45.0 Å². The van der Waals surface area contributed by atoms with Gasteiger partial charge in [0.2, 0.25) is 0 Å². The van der Waals surface area contributed by atoms with E-state index in [1.54, 1.807) is 0 Å². The molecular formula is C23H36O2. The molecular weight excluding hydrogens is 308 g/mol. The zero-order chi connectivity index (χ0) is 18.3. The number of aliphatic carboxylic acids is 1. The summed E-state index contributed by atoms with van der Waals surface area (Å²) in [6.07, 6.45) is 12.2. The van der Waals surface area contributed by atoms with E-state index < -0.39 is 5.97 Å². The summed E-state index contributed by atoms with van der Waals surface area (Å²) in [7, 11) is 0. The van der Waals surface area contributed by atoms with Crippen molar-refractivity contribution in [2.24, 2.45) is 10.8 Å². The number of carboxylic acid groups (broad SMARTS) is 1. The standard InChI is InChI=1S/C23H36O2/c1-22(2,3)15-10-8-14-20-13-7-6-12-19(20)11-5-4-9-16-23(17-18-23)21(24)25/h6-7,12-13H,4-5,8-11,14-18H2,1-3H3,(H,24,25). The van der Waals surface area contributed by atoms with Crippen molar-refractivity contribution < 1.29 is 9.90 Å². The monoisotopic (exact) mass is 344 g/mol. The minimum absolute atomic E-state index is 0.342. The van der Waals surface area contributed by atoms with Crippen LogP contribution < -0.4 is 0 Å². The van der Waals surface area contributed by atoms with E-state index in [4.69, 9.17) is 0 Å². The summed E-state index contributed by atoms with van der Waals surface area (Å²) in [5, 5.41) is 9.23. The van der Waals surface area contributed by atoms with Crippen LogP contribution in [0.3, 0.4) is 0 Å². The van der Waals surface area contributed by atoms with Gasteiger partial charge in [0.25, 0.3) is 0 Å². The molecule has 1 N–H and O–H groups in total. The van der Waals surface area contributed by atoms with E-state index >= 15 is 0 Å². The summed E-state index contributed by atoms with van der Waals surface area (Å²) in [6.45, 7) is 6.95. The molecule has 0 bridgehead atoms. The molecule has 0 spiro atoms. The smallest absolute Gasteiger partial charge is 0.309 e. The molecule has 1 saturated carbocycles. The Labute approximate surface area is 154 Å². The van der Waals surface area contributed by atoms with Crippen LogP contribution in [-0.2, 0) is 17.6 Å². The van der Waals surface area contributed by atoms with E-state index in [0.717, 1.165) is 38.5 Å². The molecule has 1 aliphatic rings. The highest BCUT2D eigenvalue weighted by Gasteiger charge is 2.49. The van der Waals surface area contributed by atoms with Crippen molar-refractivity contribution >= 4 is 5.97 Å². The molecule has 0 aromatic heterocycles. The molecule has 1 aliphatic carbocycles. The van der Waals surface area contributed by atoms with Gasteiger partial charge in [-0.15, -0.1) is 0 Å². The van der Waals surface area contributed by atoms with Crippen LogP contribution in [0, 0.1) is 10.8 Å². The molecule has 0 radical (unpaired) electrons. The van der Waals surface area contributed by atoms with Crippen LogP contribution in [-0.4, -0.2) is 11.1 Å². The van der Waals surface area contributed by atoms with E-state index in [0.29, 0.717) is 5.41 Å². The third-order valence-electron chi connectivity index (χ3n) is 5.65. The fourth-order valence-electron chi connectivity index (χ4n) is 3.69. The summed E-state index contributed by atoms with van der Waals surface area (Å²) in [5.41, 5.74) is 3.11. The quantitative estimate of drug-likeness (QED) is 0.471. The third kappa shape index (κ3) is 6.84. The number of carbonyl (C=O) groups is 1. The Balaban J connectivity index is 1.68. The highest BCUT2D eigenvalue weighted by molar-refractivity contribution is 5.77. The molecule has 1 fully saturated rings. The fourth-order valence-corrected chi connectivity index (χ4v) is 3.69. The van der Waals surface area contributed by atoms with Gasteiger partial charge < -0.3 is 5.11 Å². The Morgan fingerprint density at radius 2 is 1.52 bits per heavy atom. The van der Waals surface area contributed by atoms with Crippen LogP contribution in [0.1, 0.15) is 89.7 Å². The van der Waals surface area contributed by atoms with Gasteiger partial charge in [-0.3, -0.25) is 4.79 Å². The van der Waals surface area contributed by atoms with Crippen LogP contribution >= 0.6 is 0 Å². The zero-order valence-electron chi connectivity index (χ0n) is 16.4. The summed E-state index contributed by atoms with van der Waals surface area (Å²) >= 11 is 0. The third-order valence-corrected chi connectivity index (χ3v) is 5.65. The first-order chi connectivity index (χ1) is 11.8. The molecule has 0 aliphatic heterocycles. The molecule has 2 rings (SSSR count). The van der Waals surface area contributed by atoms with Crippen molar-refractivity contribution in [1.82, 2.24) is 0 Å². The lowest BCUT2D eigenvalue weighted by atomic mass is 9.88. The van der Waals surface area contributed by atoms with Crippen LogP contribution in [0.4, 0.5) is 0 Å². The maximum absolute atomic E-state index is 11.2. The van der Waals surface area contributed by atoms with Crippen molar-refractivity contribution in [2.45, 2.75) is 91.4 Å². The highest BCUT2D eigenvalue weighted by atomic mass is 16.4. The second kappa shape index (κ2) is 8.87. The first kappa shape index (κ1) is 20.0. The Morgan fingerprint density at radius 3 is 2.00 bits per heavy atom. The Morgan fingerprint density at radius 1 is 0.960 bits per heavy atom. The summed E-state index contributed by atoms with van der Waals surface area (Å²) in [6, 6.07) is 8.87. The van der Waals surface area contributed by atoms with E-state index in [-0.39, 0.29) is 5.41 Å². The van der Waals surface area contributed by atoms with Crippen molar-refractivity contribution in [2.75, 3.05) is 0 Å². The normalized spacial score (nSPS) is 16.0. The predicted octanol–water partition coefficient (Wildman–Crippen LogP) is 6.41. The number of unbranched alkanes of at least 4 members (excludes halogenated alkanes) is 3. The van der Waals surface area contributed by atoms with E-state index in [1.807, 2.05) is 0 Å². The topological polar surface area (TPSA) is 37.3 Å². The van der Waals surface area contributed by atoms with Gasteiger partial charge in [-0.1, -0.05) is 64.3 Å². The van der Waals surface area contributed by atoms with Crippen LogP contribution in [0.5, 0.6) is 0 Å². The Hall–Kier alpha value is -1.31. The highest BCUT2D eigenvalue weighted by Crippen LogP contribution is 2.50. The SMILES string of the molecule is CC(C)(C)CCCCc1ccccc1CCCCCC1(C(=O)O)CC1. The number of hydrogen-bond acceptors (Lipinski definition) is 1. The number of carboxylic acids is 1. The summed E-state index contributed by atoms with van der Waals surface area (Å²) in [4.78, 5) is 11.2. The minimum atomic E-state index is -0.576. The molecule has 1 aromatic rings. The van der Waals surface area contributed by atoms with Crippen LogP contribution in [0.15, 0.2) is 24.3 Å². The van der Waals surface area contributed by atoms with Crippen LogP contribution in [0.25, 0.3) is 0 Å². The van der Waals surface area contributed by atoms with Gasteiger partial charge in [-0.25, -0.2) is 0 Å². The van der Waals surface area contributed by atoms with Gasteiger partial charge in [0.05, 0.1) is 5.41 Å². The van der Waals surface area contributed by atoms with Crippen molar-refractivity contribution in [3.63, 3.8) is 0 Å². The van der Waals surface area contributed by atoms with Crippen LogP contribution in [0.2, 0.25) is 0 Å². The molecule has 25 heavy (non-hydrogen) atoms. The second-order valence-electron chi connectivity index (χ2n) is 9.18. The van der Waals surface area contributed by atoms with Gasteiger partial charge in [-0.2, -0.15) is 0 Å². The average Bonchev–Trinajstić information content (AvgIpc) is 3.33. The van der Waals surface area contributed by atoms with E-state index in [1.165, 1.54) is 43.2 Å². The number of benzene rings is 1. The molecule has 0 saturated heterocycles. The molecule has 2 heteroatoms. The number of hydrogen-bond donors (Lipinski definition) is 1. The lowest BCUT2D eigenvalue weighted by Gasteiger charge is -2.17. The molecule has 1 aromatic carbocycles. The summed E-state index contributed by atoms with van der Waals surface area (Å²) < 4.78 is 0. The first-order valence-electron chi connectivity index (χ1n) is 10.1. The lowest BCUT2D eigenvalue weighted by Crippen LogP contribution is -2.14. The fraction of sp³-hybridized carbons (Fsp3) is 0.696. The molecule has 140 valence electrons. The molecule has 0 unspecified atom stereocenters. The lowest BCUT2D eigenvalue weighted by molar-refractivity contribution is -0.143. The zero-order valence-corrected chi connectivity index (χ0v) is 16.4. The van der Waals surface area contributed by atoms with Crippen molar-refractivity contribution in [3.8, 4) is 0 Å². The number of aryl methyl sites for hydroxylation is 2. The largest absolute Gasteiger partial charge is 0.481 e. The van der Waals surface area contributed by atoms with Gasteiger partial charge in [0.15, 0.2) is 0 Å². The maximum atomic E-state index is 11.2. The maximum Gasteiger partial charge on any atom is 0.309 e. The molecule has 0 heterocycles. The number of rotatable bonds is 11. The van der Waals surface area contributed by atoms with Gasteiger partial charge >= 0.3 is 5.97 Å². The van der Waals surface area contributed by atoms with E-state index in [9.17, 15) is 9.90 Å². The Bertz CT molecular complexity index is 549. The summed E-state index contributed by atoms with van der Waals surface area (Å²) in [5.74, 6) is -0.576. The molecule has 0 atom stereocenters. The average molecular weight is 345 g/mol. The van der Waals surface area contributed by atoms with Crippen molar-refractivity contribution in [1.29, 1.82) is 0 Å². The predicted molar refractivity (Wildman–Crippen MR) is 105 cm³/mol.